The lowest BCUT2D eigenvalue weighted by Gasteiger charge is -2.08. The van der Waals surface area contributed by atoms with Crippen LogP contribution in [0.25, 0.3) is 0 Å². The molecular weight excluding hydrogens is 224 g/mol. The van der Waals surface area contributed by atoms with E-state index in [1.165, 1.54) is 5.56 Å². The molecular formula is C15H24N2O. The number of amides is 1. The molecule has 1 atom stereocenters. The van der Waals surface area contributed by atoms with Gasteiger partial charge >= 0.3 is 0 Å². The highest BCUT2D eigenvalue weighted by molar-refractivity contribution is 5.75. The third-order valence-electron chi connectivity index (χ3n) is 3.07. The largest absolute Gasteiger partial charge is 0.356 e. The van der Waals surface area contributed by atoms with Gasteiger partial charge in [0.2, 0.25) is 5.91 Å². The Kier molecular flexibility index (Phi) is 7.11. The number of nitrogens with one attached hydrogen (secondary N) is 1. The van der Waals surface area contributed by atoms with Crippen molar-refractivity contribution in [1.82, 2.24) is 5.32 Å². The zero-order valence-corrected chi connectivity index (χ0v) is 11.2. The van der Waals surface area contributed by atoms with Crippen molar-refractivity contribution < 1.29 is 4.79 Å². The monoisotopic (exact) mass is 248 g/mol. The van der Waals surface area contributed by atoms with Crippen molar-refractivity contribution in [2.24, 2.45) is 11.7 Å². The maximum atomic E-state index is 11.5. The van der Waals surface area contributed by atoms with Crippen molar-refractivity contribution in [2.75, 3.05) is 13.1 Å². The summed E-state index contributed by atoms with van der Waals surface area (Å²) in [7, 11) is 0. The molecule has 100 valence electrons. The van der Waals surface area contributed by atoms with E-state index in [-0.39, 0.29) is 5.91 Å². The minimum Gasteiger partial charge on any atom is -0.356 e. The van der Waals surface area contributed by atoms with Crippen molar-refractivity contribution in [1.29, 1.82) is 0 Å². The van der Waals surface area contributed by atoms with Crippen LogP contribution < -0.4 is 11.1 Å². The Morgan fingerprint density at radius 2 is 2.06 bits per heavy atom. The van der Waals surface area contributed by atoms with E-state index in [9.17, 15) is 4.79 Å². The van der Waals surface area contributed by atoms with Gasteiger partial charge in [-0.3, -0.25) is 4.79 Å². The molecule has 1 aromatic rings. The Balaban J connectivity index is 2.05. The van der Waals surface area contributed by atoms with Gasteiger partial charge in [0.15, 0.2) is 0 Å². The molecule has 0 aliphatic carbocycles. The summed E-state index contributed by atoms with van der Waals surface area (Å²) in [5.41, 5.74) is 6.84. The van der Waals surface area contributed by atoms with Gasteiger partial charge in [0.1, 0.15) is 0 Å². The third-order valence-corrected chi connectivity index (χ3v) is 3.07. The molecule has 0 radical (unpaired) electrons. The summed E-state index contributed by atoms with van der Waals surface area (Å²) >= 11 is 0. The molecule has 3 nitrogen and oxygen atoms in total. The molecule has 0 spiro atoms. The average molecular weight is 248 g/mol. The first kappa shape index (κ1) is 14.7. The Morgan fingerprint density at radius 3 is 2.72 bits per heavy atom. The predicted octanol–water partition coefficient (Wildman–Crippen LogP) is 2.11. The molecule has 1 unspecified atom stereocenters. The molecule has 1 rings (SSSR count). The molecule has 0 aliphatic heterocycles. The molecule has 0 bridgehead atoms. The lowest BCUT2D eigenvalue weighted by Crippen LogP contribution is -2.25. The SMILES string of the molecule is CC(CN)CCC(=O)NCCCc1ccccc1. The maximum absolute atomic E-state index is 11.5. The number of carbonyl (C=O) groups is 1. The molecule has 0 aliphatic rings. The van der Waals surface area contributed by atoms with E-state index < -0.39 is 0 Å². The van der Waals surface area contributed by atoms with Crippen molar-refractivity contribution in [3.63, 3.8) is 0 Å². The van der Waals surface area contributed by atoms with E-state index in [1.807, 2.05) is 18.2 Å². The minimum atomic E-state index is 0.142. The zero-order valence-electron chi connectivity index (χ0n) is 11.2. The average Bonchev–Trinajstić information content (AvgIpc) is 2.42. The summed E-state index contributed by atoms with van der Waals surface area (Å²) in [4.78, 5) is 11.5. The van der Waals surface area contributed by atoms with Crippen LogP contribution in [0.15, 0.2) is 30.3 Å². The van der Waals surface area contributed by atoms with Gasteiger partial charge < -0.3 is 11.1 Å². The quantitative estimate of drug-likeness (QED) is 0.692. The molecule has 0 aromatic heterocycles. The van der Waals surface area contributed by atoms with Crippen molar-refractivity contribution in [3.05, 3.63) is 35.9 Å². The van der Waals surface area contributed by atoms with Gasteiger partial charge in [0, 0.05) is 13.0 Å². The number of benzene rings is 1. The van der Waals surface area contributed by atoms with Gasteiger partial charge in [0.25, 0.3) is 0 Å². The number of hydrogen-bond acceptors (Lipinski definition) is 2. The predicted molar refractivity (Wildman–Crippen MR) is 75.2 cm³/mol. The van der Waals surface area contributed by atoms with Gasteiger partial charge in [-0.25, -0.2) is 0 Å². The standard InChI is InChI=1S/C15H24N2O/c1-13(12-16)9-10-15(18)17-11-5-8-14-6-3-2-4-7-14/h2-4,6-7,13H,5,8-12,16H2,1H3,(H,17,18). The second-order valence-corrected chi connectivity index (χ2v) is 4.82. The van der Waals surface area contributed by atoms with E-state index >= 15 is 0 Å². The zero-order chi connectivity index (χ0) is 13.2. The van der Waals surface area contributed by atoms with E-state index in [4.69, 9.17) is 5.73 Å². The molecule has 3 heteroatoms. The Morgan fingerprint density at radius 1 is 1.33 bits per heavy atom. The van der Waals surface area contributed by atoms with E-state index in [0.717, 1.165) is 25.8 Å². The smallest absolute Gasteiger partial charge is 0.220 e. The summed E-state index contributed by atoms with van der Waals surface area (Å²) in [5, 5.41) is 2.95. The molecule has 1 aromatic carbocycles. The highest BCUT2D eigenvalue weighted by atomic mass is 16.1. The van der Waals surface area contributed by atoms with E-state index in [0.29, 0.717) is 18.9 Å². The van der Waals surface area contributed by atoms with Crippen LogP contribution in [0.3, 0.4) is 0 Å². The summed E-state index contributed by atoms with van der Waals surface area (Å²) in [6, 6.07) is 10.3. The third kappa shape index (κ3) is 6.40. The Hall–Kier alpha value is -1.35. The van der Waals surface area contributed by atoms with Crippen LogP contribution in [-0.4, -0.2) is 19.0 Å². The number of hydrogen-bond donors (Lipinski definition) is 2. The van der Waals surface area contributed by atoms with Crippen LogP contribution in [0.1, 0.15) is 31.7 Å². The molecule has 18 heavy (non-hydrogen) atoms. The van der Waals surface area contributed by atoms with Crippen molar-refractivity contribution in [3.8, 4) is 0 Å². The van der Waals surface area contributed by atoms with Gasteiger partial charge in [-0.05, 0) is 37.3 Å². The summed E-state index contributed by atoms with van der Waals surface area (Å²) in [6.45, 7) is 3.48. The second kappa shape index (κ2) is 8.70. The summed E-state index contributed by atoms with van der Waals surface area (Å²) in [6.07, 6.45) is 3.47. The van der Waals surface area contributed by atoms with Gasteiger partial charge in [-0.1, -0.05) is 37.3 Å². The highest BCUT2D eigenvalue weighted by Crippen LogP contribution is 2.03. The Bertz CT molecular complexity index is 338. The van der Waals surface area contributed by atoms with Crippen molar-refractivity contribution >= 4 is 5.91 Å². The lowest BCUT2D eigenvalue weighted by molar-refractivity contribution is -0.121. The minimum absolute atomic E-state index is 0.142. The van der Waals surface area contributed by atoms with Gasteiger partial charge in [0.05, 0.1) is 0 Å². The molecule has 0 heterocycles. The van der Waals surface area contributed by atoms with Crippen molar-refractivity contribution in [2.45, 2.75) is 32.6 Å². The fourth-order valence-corrected chi connectivity index (χ4v) is 1.75. The molecule has 0 saturated heterocycles. The topological polar surface area (TPSA) is 55.1 Å². The van der Waals surface area contributed by atoms with Gasteiger partial charge in [-0.2, -0.15) is 0 Å². The summed E-state index contributed by atoms with van der Waals surface area (Å²) in [5.74, 6) is 0.573. The lowest BCUT2D eigenvalue weighted by atomic mass is 10.1. The highest BCUT2D eigenvalue weighted by Gasteiger charge is 2.04. The summed E-state index contributed by atoms with van der Waals surface area (Å²) < 4.78 is 0. The number of rotatable bonds is 8. The van der Waals surface area contributed by atoms with Gasteiger partial charge in [-0.15, -0.1) is 0 Å². The first-order valence-electron chi connectivity index (χ1n) is 6.73. The van der Waals surface area contributed by atoms with E-state index in [2.05, 4.69) is 24.4 Å². The molecule has 1 amide bonds. The molecule has 3 N–H and O–H groups in total. The van der Waals surface area contributed by atoms with Crippen LogP contribution in [0.4, 0.5) is 0 Å². The number of carbonyl (C=O) groups excluding carboxylic acids is 1. The molecule has 0 fully saturated rings. The fraction of sp³-hybridized carbons (Fsp3) is 0.533. The van der Waals surface area contributed by atoms with Crippen LogP contribution in [0, 0.1) is 5.92 Å². The number of nitrogens with two attached hydrogens (primary N) is 1. The number of aryl methyl sites for hydroxylation is 1. The first-order valence-corrected chi connectivity index (χ1v) is 6.73. The van der Waals surface area contributed by atoms with Crippen LogP contribution >= 0.6 is 0 Å². The van der Waals surface area contributed by atoms with Crippen LogP contribution in [0.5, 0.6) is 0 Å². The fourth-order valence-electron chi connectivity index (χ4n) is 1.75. The van der Waals surface area contributed by atoms with Crippen LogP contribution in [0.2, 0.25) is 0 Å². The first-order chi connectivity index (χ1) is 8.72. The Labute approximate surface area is 110 Å². The van der Waals surface area contributed by atoms with E-state index in [1.54, 1.807) is 0 Å². The molecule has 0 saturated carbocycles. The maximum Gasteiger partial charge on any atom is 0.220 e. The van der Waals surface area contributed by atoms with Crippen LogP contribution in [-0.2, 0) is 11.2 Å². The second-order valence-electron chi connectivity index (χ2n) is 4.82. The normalized spacial score (nSPS) is 12.1.